The molecular formula is C20H28FN3O3. The Morgan fingerprint density at radius 1 is 1.19 bits per heavy atom. The van der Waals surface area contributed by atoms with E-state index in [0.29, 0.717) is 13.0 Å². The van der Waals surface area contributed by atoms with E-state index in [0.717, 1.165) is 31.2 Å². The third kappa shape index (κ3) is 5.42. The number of halogens is 1. The maximum Gasteiger partial charge on any atom is 0.407 e. The summed E-state index contributed by atoms with van der Waals surface area (Å²) in [6.45, 7) is 0.862. The predicted octanol–water partition coefficient (Wildman–Crippen LogP) is 2.37. The van der Waals surface area contributed by atoms with Gasteiger partial charge in [0.05, 0.1) is 12.6 Å². The molecule has 1 saturated heterocycles. The second-order valence-corrected chi connectivity index (χ2v) is 7.51. The lowest BCUT2D eigenvalue weighted by Crippen LogP contribution is -2.49. The number of carbonyl (C=O) groups excluding carboxylic acids is 2. The maximum atomic E-state index is 13.3. The molecular weight excluding hydrogens is 349 g/mol. The smallest absolute Gasteiger partial charge is 0.407 e. The number of benzene rings is 1. The van der Waals surface area contributed by atoms with Crippen LogP contribution in [0.1, 0.15) is 37.7 Å². The molecule has 0 radical (unpaired) electrons. The van der Waals surface area contributed by atoms with Gasteiger partial charge in [0.1, 0.15) is 12.8 Å². The summed E-state index contributed by atoms with van der Waals surface area (Å²) in [5.41, 5.74) is 7.09. The van der Waals surface area contributed by atoms with Crippen LogP contribution in [0.25, 0.3) is 0 Å². The Morgan fingerprint density at radius 2 is 1.89 bits per heavy atom. The molecule has 0 unspecified atom stereocenters. The van der Waals surface area contributed by atoms with Crippen molar-refractivity contribution in [3.05, 3.63) is 35.9 Å². The lowest BCUT2D eigenvalue weighted by atomic mass is 9.81. The highest BCUT2D eigenvalue weighted by Crippen LogP contribution is 2.28. The normalized spacial score (nSPS) is 26.4. The zero-order valence-corrected chi connectivity index (χ0v) is 15.5. The minimum atomic E-state index is -0.928. The van der Waals surface area contributed by atoms with Crippen LogP contribution < -0.4 is 11.1 Å². The molecule has 0 aromatic heterocycles. The molecule has 1 aliphatic heterocycles. The molecule has 7 heteroatoms. The molecule has 27 heavy (non-hydrogen) atoms. The number of amides is 2. The number of carbonyl (C=O) groups is 2. The molecule has 2 amide bonds. The predicted molar refractivity (Wildman–Crippen MR) is 99.6 cm³/mol. The van der Waals surface area contributed by atoms with Crippen molar-refractivity contribution in [1.29, 1.82) is 0 Å². The average molecular weight is 377 g/mol. The quantitative estimate of drug-likeness (QED) is 0.825. The maximum absolute atomic E-state index is 13.3. The third-order valence-corrected chi connectivity index (χ3v) is 5.54. The summed E-state index contributed by atoms with van der Waals surface area (Å²) in [5.74, 6) is -0.0663. The largest absolute Gasteiger partial charge is 0.445 e. The molecule has 6 nitrogen and oxygen atoms in total. The standard InChI is InChI=1S/C20H28FN3O3/c21-16-10-11-24(12-16)19(25)18(22)15-6-8-17(9-7-15)23-20(26)27-13-14-4-2-1-3-5-14/h1-5,15-18H,6-13,22H2,(H,23,26)/t15?,16-,17?,18-/m0/s1. The van der Waals surface area contributed by atoms with Crippen LogP contribution in [0.3, 0.4) is 0 Å². The van der Waals surface area contributed by atoms with Crippen LogP contribution in [0.5, 0.6) is 0 Å². The van der Waals surface area contributed by atoms with Crippen molar-refractivity contribution in [2.75, 3.05) is 13.1 Å². The number of alkyl halides is 1. The first-order valence-corrected chi connectivity index (χ1v) is 9.68. The van der Waals surface area contributed by atoms with Gasteiger partial charge >= 0.3 is 6.09 Å². The Kier molecular flexibility index (Phi) is 6.66. The first-order valence-electron chi connectivity index (χ1n) is 9.68. The molecule has 1 aliphatic carbocycles. The first-order chi connectivity index (χ1) is 13.0. The number of rotatable bonds is 5. The van der Waals surface area contributed by atoms with Crippen molar-refractivity contribution >= 4 is 12.0 Å². The molecule has 2 fully saturated rings. The summed E-state index contributed by atoms with van der Waals surface area (Å²) in [7, 11) is 0. The van der Waals surface area contributed by atoms with E-state index < -0.39 is 18.3 Å². The minimum absolute atomic E-state index is 0.0360. The van der Waals surface area contributed by atoms with Gasteiger partial charge in [-0.1, -0.05) is 30.3 Å². The van der Waals surface area contributed by atoms with Crippen LogP contribution in [0.15, 0.2) is 30.3 Å². The summed E-state index contributed by atoms with van der Waals surface area (Å²) < 4.78 is 18.5. The highest BCUT2D eigenvalue weighted by molar-refractivity contribution is 5.82. The fourth-order valence-corrected chi connectivity index (χ4v) is 3.88. The SMILES string of the molecule is N[C@H](C(=O)N1CC[C@H](F)C1)C1CCC(NC(=O)OCc2ccccc2)CC1. The van der Waals surface area contributed by atoms with Gasteiger partial charge in [0.15, 0.2) is 0 Å². The number of ether oxygens (including phenoxy) is 1. The Bertz CT molecular complexity index is 635. The number of alkyl carbamates (subject to hydrolysis) is 1. The summed E-state index contributed by atoms with van der Waals surface area (Å²) in [4.78, 5) is 25.9. The van der Waals surface area contributed by atoms with E-state index in [1.165, 1.54) is 0 Å². The molecule has 1 aromatic rings. The van der Waals surface area contributed by atoms with Crippen molar-refractivity contribution in [2.45, 2.75) is 57.0 Å². The Morgan fingerprint density at radius 3 is 2.52 bits per heavy atom. The van der Waals surface area contributed by atoms with Gasteiger partial charge in [-0.25, -0.2) is 9.18 Å². The fourth-order valence-electron chi connectivity index (χ4n) is 3.88. The van der Waals surface area contributed by atoms with Crippen LogP contribution in [0, 0.1) is 5.92 Å². The minimum Gasteiger partial charge on any atom is -0.445 e. The highest BCUT2D eigenvalue weighted by Gasteiger charge is 2.35. The number of nitrogens with two attached hydrogens (primary N) is 1. The van der Waals surface area contributed by atoms with Gasteiger partial charge in [0, 0.05) is 12.6 Å². The van der Waals surface area contributed by atoms with Crippen LogP contribution in [-0.2, 0) is 16.1 Å². The molecule has 1 heterocycles. The van der Waals surface area contributed by atoms with Crippen molar-refractivity contribution in [3.8, 4) is 0 Å². The molecule has 0 spiro atoms. The second kappa shape index (κ2) is 9.17. The number of nitrogens with one attached hydrogen (secondary N) is 1. The Balaban J connectivity index is 1.38. The molecule has 1 saturated carbocycles. The van der Waals surface area contributed by atoms with Crippen LogP contribution in [0.4, 0.5) is 9.18 Å². The third-order valence-electron chi connectivity index (χ3n) is 5.54. The number of hydrogen-bond donors (Lipinski definition) is 2. The molecule has 2 aliphatic rings. The van der Waals surface area contributed by atoms with Crippen molar-refractivity contribution in [3.63, 3.8) is 0 Å². The zero-order valence-electron chi connectivity index (χ0n) is 15.5. The summed E-state index contributed by atoms with van der Waals surface area (Å²) >= 11 is 0. The fraction of sp³-hybridized carbons (Fsp3) is 0.600. The van der Waals surface area contributed by atoms with E-state index in [4.69, 9.17) is 10.5 Å². The highest BCUT2D eigenvalue weighted by atomic mass is 19.1. The van der Waals surface area contributed by atoms with Gasteiger partial charge in [-0.05, 0) is 43.6 Å². The lowest BCUT2D eigenvalue weighted by Gasteiger charge is -2.33. The molecule has 148 valence electrons. The van der Waals surface area contributed by atoms with Gasteiger partial charge in [-0.3, -0.25) is 4.79 Å². The van der Waals surface area contributed by atoms with E-state index in [1.54, 1.807) is 4.90 Å². The lowest BCUT2D eigenvalue weighted by molar-refractivity contribution is -0.133. The number of nitrogens with zero attached hydrogens (tertiary/aromatic N) is 1. The van der Waals surface area contributed by atoms with E-state index >= 15 is 0 Å². The summed E-state index contributed by atoms with van der Waals surface area (Å²) in [5, 5.41) is 2.89. The van der Waals surface area contributed by atoms with E-state index in [-0.39, 0.29) is 31.0 Å². The van der Waals surface area contributed by atoms with Crippen LogP contribution in [-0.4, -0.2) is 48.2 Å². The summed E-state index contributed by atoms with van der Waals surface area (Å²) in [6.07, 6.45) is 2.11. The zero-order chi connectivity index (χ0) is 19.2. The average Bonchev–Trinajstić information content (AvgIpc) is 3.13. The molecule has 1 aromatic carbocycles. The molecule has 3 rings (SSSR count). The van der Waals surface area contributed by atoms with Gasteiger partial charge in [-0.15, -0.1) is 0 Å². The van der Waals surface area contributed by atoms with Crippen molar-refractivity contribution in [1.82, 2.24) is 10.2 Å². The van der Waals surface area contributed by atoms with Crippen molar-refractivity contribution < 1.29 is 18.7 Å². The number of likely N-dealkylation sites (tertiary alicyclic amines) is 1. The van der Waals surface area contributed by atoms with Crippen LogP contribution in [0.2, 0.25) is 0 Å². The van der Waals surface area contributed by atoms with Gasteiger partial charge < -0.3 is 20.7 Å². The van der Waals surface area contributed by atoms with E-state index in [1.807, 2.05) is 30.3 Å². The molecule has 2 atom stereocenters. The Labute approximate surface area is 159 Å². The topological polar surface area (TPSA) is 84.7 Å². The van der Waals surface area contributed by atoms with Gasteiger partial charge in [0.25, 0.3) is 0 Å². The van der Waals surface area contributed by atoms with Crippen molar-refractivity contribution in [2.24, 2.45) is 11.7 Å². The van der Waals surface area contributed by atoms with E-state index in [2.05, 4.69) is 5.32 Å². The molecule has 3 N–H and O–H groups in total. The summed E-state index contributed by atoms with van der Waals surface area (Å²) in [6, 6.07) is 8.98. The molecule has 0 bridgehead atoms. The first kappa shape index (κ1) is 19.6. The monoisotopic (exact) mass is 377 g/mol. The Hall–Kier alpha value is -2.15. The second-order valence-electron chi connectivity index (χ2n) is 7.51. The van der Waals surface area contributed by atoms with Gasteiger partial charge in [-0.2, -0.15) is 0 Å². The van der Waals surface area contributed by atoms with Gasteiger partial charge in [0.2, 0.25) is 5.91 Å². The van der Waals surface area contributed by atoms with Crippen LogP contribution >= 0.6 is 0 Å². The number of hydrogen-bond acceptors (Lipinski definition) is 4. The van der Waals surface area contributed by atoms with E-state index in [9.17, 15) is 14.0 Å².